The number of likely N-dealkylation sites (N-methyl/N-ethyl adjacent to an activating group) is 1. The molecule has 2 N–H and O–H groups in total. The Bertz CT molecular complexity index is 1080. The van der Waals surface area contributed by atoms with Crippen LogP contribution in [0.5, 0.6) is 0 Å². The number of carbonyl (C=O) groups excluding carboxylic acids is 2. The third kappa shape index (κ3) is 6.06. The van der Waals surface area contributed by atoms with E-state index in [-0.39, 0.29) is 24.9 Å². The van der Waals surface area contributed by atoms with Crippen LogP contribution in [0.4, 0.5) is 19.6 Å². The maximum Gasteiger partial charge on any atom is 0.240 e. The van der Waals surface area contributed by atoms with Crippen LogP contribution in [0, 0.1) is 11.6 Å². The molecule has 3 aromatic rings. The number of nitrogens with one attached hydrogen (secondary N) is 2. The molecule has 30 heavy (non-hydrogen) atoms. The van der Waals surface area contributed by atoms with Crippen molar-refractivity contribution in [2.24, 2.45) is 0 Å². The molecular weight excluding hydrogens is 434 g/mol. The molecule has 0 bridgehead atoms. The van der Waals surface area contributed by atoms with Gasteiger partial charge in [0.1, 0.15) is 0 Å². The van der Waals surface area contributed by atoms with E-state index in [9.17, 15) is 18.4 Å². The maximum atomic E-state index is 13.4. The Morgan fingerprint density at radius 3 is 2.50 bits per heavy atom. The van der Waals surface area contributed by atoms with Gasteiger partial charge in [-0.2, -0.15) is 0 Å². The van der Waals surface area contributed by atoms with E-state index < -0.39 is 11.6 Å². The van der Waals surface area contributed by atoms with Crippen molar-refractivity contribution in [3.63, 3.8) is 0 Å². The Labute approximate surface area is 180 Å². The Kier molecular flexibility index (Phi) is 7.09. The smallest absolute Gasteiger partial charge is 0.240 e. The predicted molar refractivity (Wildman–Crippen MR) is 114 cm³/mol. The topological polar surface area (TPSA) is 74.3 Å². The fraction of sp³-hybridized carbons (Fsp3) is 0.150. The molecule has 0 fully saturated rings. The molecular formula is C20H17ClF2N4O2S. The molecule has 0 aliphatic carbocycles. The van der Waals surface area contributed by atoms with Crippen LogP contribution < -0.4 is 10.6 Å². The van der Waals surface area contributed by atoms with Crippen LogP contribution in [0.2, 0.25) is 5.02 Å². The van der Waals surface area contributed by atoms with Crippen molar-refractivity contribution >= 4 is 45.6 Å². The van der Waals surface area contributed by atoms with Gasteiger partial charge in [0.2, 0.25) is 11.8 Å². The van der Waals surface area contributed by atoms with E-state index in [4.69, 9.17) is 11.6 Å². The van der Waals surface area contributed by atoms with E-state index in [1.165, 1.54) is 6.07 Å². The van der Waals surface area contributed by atoms with E-state index in [2.05, 4.69) is 15.6 Å². The monoisotopic (exact) mass is 450 g/mol. The lowest BCUT2D eigenvalue weighted by Gasteiger charge is -2.15. The number of aromatic nitrogens is 1. The van der Waals surface area contributed by atoms with E-state index in [1.54, 1.807) is 41.6 Å². The number of anilines is 2. The van der Waals surface area contributed by atoms with Crippen LogP contribution in [0.15, 0.2) is 47.8 Å². The molecule has 6 nitrogen and oxygen atoms in total. The minimum absolute atomic E-state index is 0.00207. The Balaban J connectivity index is 1.51. The zero-order valence-electron chi connectivity index (χ0n) is 15.8. The summed E-state index contributed by atoms with van der Waals surface area (Å²) >= 11 is 7.04. The minimum atomic E-state index is -0.969. The third-order valence-corrected chi connectivity index (χ3v) is 4.89. The molecule has 2 amide bonds. The van der Waals surface area contributed by atoms with Crippen molar-refractivity contribution in [3.8, 4) is 11.3 Å². The van der Waals surface area contributed by atoms with Gasteiger partial charge in [0.15, 0.2) is 16.8 Å². The second kappa shape index (κ2) is 9.75. The van der Waals surface area contributed by atoms with Gasteiger partial charge in [-0.3, -0.25) is 14.5 Å². The highest BCUT2D eigenvalue weighted by atomic mass is 35.5. The molecule has 156 valence electrons. The van der Waals surface area contributed by atoms with Crippen LogP contribution in [0.25, 0.3) is 11.3 Å². The predicted octanol–water partition coefficient (Wildman–Crippen LogP) is 4.25. The van der Waals surface area contributed by atoms with Crippen molar-refractivity contribution in [1.82, 2.24) is 9.88 Å². The Morgan fingerprint density at radius 1 is 1.07 bits per heavy atom. The van der Waals surface area contributed by atoms with Crippen LogP contribution in [0.1, 0.15) is 0 Å². The zero-order valence-corrected chi connectivity index (χ0v) is 17.4. The average Bonchev–Trinajstić information content (AvgIpc) is 3.11. The fourth-order valence-corrected chi connectivity index (χ4v) is 3.52. The number of hydrogen-bond donors (Lipinski definition) is 2. The lowest BCUT2D eigenvalue weighted by atomic mass is 10.2. The number of halogens is 3. The van der Waals surface area contributed by atoms with Gasteiger partial charge in [-0.25, -0.2) is 13.8 Å². The molecule has 0 radical (unpaired) electrons. The lowest BCUT2D eigenvalue weighted by molar-refractivity contribution is -0.119. The quantitative estimate of drug-likeness (QED) is 0.564. The zero-order chi connectivity index (χ0) is 21.7. The minimum Gasteiger partial charge on any atom is -0.325 e. The molecule has 1 aromatic heterocycles. The van der Waals surface area contributed by atoms with Crippen LogP contribution >= 0.6 is 22.9 Å². The number of carbonyl (C=O) groups is 2. The highest BCUT2D eigenvalue weighted by Gasteiger charge is 2.14. The highest BCUT2D eigenvalue weighted by Crippen LogP contribution is 2.26. The van der Waals surface area contributed by atoms with Gasteiger partial charge in [-0.05, 0) is 43.4 Å². The summed E-state index contributed by atoms with van der Waals surface area (Å²) in [5, 5.41) is 7.78. The molecule has 0 atom stereocenters. The second-order valence-electron chi connectivity index (χ2n) is 6.45. The number of rotatable bonds is 7. The van der Waals surface area contributed by atoms with E-state index in [0.717, 1.165) is 23.5 Å². The number of hydrogen-bond acceptors (Lipinski definition) is 5. The first-order valence-electron chi connectivity index (χ1n) is 8.75. The molecule has 3 rings (SSSR count). The number of amides is 2. The van der Waals surface area contributed by atoms with Crippen molar-refractivity contribution in [1.29, 1.82) is 0 Å². The van der Waals surface area contributed by atoms with Gasteiger partial charge >= 0.3 is 0 Å². The summed E-state index contributed by atoms with van der Waals surface area (Å²) in [6, 6.07) is 10.2. The summed E-state index contributed by atoms with van der Waals surface area (Å²) in [6.07, 6.45) is 0. The SMILES string of the molecule is CN(CC(=O)Nc1cccc(Cl)c1)CC(=O)Nc1nc(-c2ccc(F)c(F)c2)cs1. The van der Waals surface area contributed by atoms with Crippen LogP contribution in [-0.4, -0.2) is 41.8 Å². The summed E-state index contributed by atoms with van der Waals surface area (Å²) in [7, 11) is 1.63. The van der Waals surface area contributed by atoms with E-state index >= 15 is 0 Å². The number of benzene rings is 2. The van der Waals surface area contributed by atoms with Gasteiger partial charge in [-0.1, -0.05) is 17.7 Å². The summed E-state index contributed by atoms with van der Waals surface area (Å²) in [6.45, 7) is -0.0407. The molecule has 1 heterocycles. The average molecular weight is 451 g/mol. The fourth-order valence-electron chi connectivity index (χ4n) is 2.59. The lowest BCUT2D eigenvalue weighted by Crippen LogP contribution is -2.36. The molecule has 0 spiro atoms. The van der Waals surface area contributed by atoms with Gasteiger partial charge in [-0.15, -0.1) is 11.3 Å². The summed E-state index contributed by atoms with van der Waals surface area (Å²) in [5.74, 6) is -2.56. The van der Waals surface area contributed by atoms with Crippen molar-refractivity contribution in [2.75, 3.05) is 30.8 Å². The Morgan fingerprint density at radius 2 is 1.80 bits per heavy atom. The molecule has 0 aliphatic rings. The highest BCUT2D eigenvalue weighted by molar-refractivity contribution is 7.14. The van der Waals surface area contributed by atoms with Crippen molar-refractivity contribution < 1.29 is 18.4 Å². The van der Waals surface area contributed by atoms with Crippen LogP contribution in [-0.2, 0) is 9.59 Å². The summed E-state index contributed by atoms with van der Waals surface area (Å²) < 4.78 is 26.4. The second-order valence-corrected chi connectivity index (χ2v) is 7.74. The van der Waals surface area contributed by atoms with Crippen molar-refractivity contribution in [3.05, 3.63) is 64.5 Å². The summed E-state index contributed by atoms with van der Waals surface area (Å²) in [5.41, 5.74) is 1.39. The molecule has 0 unspecified atom stereocenters. The molecule has 10 heteroatoms. The number of nitrogens with zero attached hydrogens (tertiary/aromatic N) is 2. The normalized spacial score (nSPS) is 10.8. The molecule has 2 aromatic carbocycles. The van der Waals surface area contributed by atoms with E-state index in [0.29, 0.717) is 27.1 Å². The summed E-state index contributed by atoms with van der Waals surface area (Å²) in [4.78, 5) is 30.0. The first-order valence-corrected chi connectivity index (χ1v) is 10.0. The molecule has 0 saturated heterocycles. The van der Waals surface area contributed by atoms with Crippen molar-refractivity contribution in [2.45, 2.75) is 0 Å². The van der Waals surface area contributed by atoms with Gasteiger partial charge < -0.3 is 10.6 Å². The first kappa shape index (κ1) is 21.8. The van der Waals surface area contributed by atoms with Gasteiger partial charge in [0.05, 0.1) is 18.8 Å². The molecule has 0 aliphatic heterocycles. The molecule has 0 saturated carbocycles. The number of thiazole rings is 1. The maximum absolute atomic E-state index is 13.4. The first-order chi connectivity index (χ1) is 14.3. The van der Waals surface area contributed by atoms with Crippen LogP contribution in [0.3, 0.4) is 0 Å². The van der Waals surface area contributed by atoms with Gasteiger partial charge in [0.25, 0.3) is 0 Å². The largest absolute Gasteiger partial charge is 0.325 e. The standard InChI is InChI=1S/C20H17ClF2N4O2S/c1-27(9-18(28)24-14-4-2-3-13(21)8-14)10-19(29)26-20-25-17(11-30-20)12-5-6-15(22)16(23)7-12/h2-8,11H,9-10H2,1H3,(H,24,28)(H,25,26,29). The van der Waals surface area contributed by atoms with E-state index in [1.807, 2.05) is 0 Å². The third-order valence-electron chi connectivity index (χ3n) is 3.90. The van der Waals surface area contributed by atoms with Gasteiger partial charge in [0, 0.05) is 21.7 Å². The Hall–Kier alpha value is -2.88.